The summed E-state index contributed by atoms with van der Waals surface area (Å²) in [6, 6.07) is 37.3. The molecule has 44 heavy (non-hydrogen) atoms. The molecule has 0 N–H and O–H groups in total. The van der Waals surface area contributed by atoms with Crippen molar-refractivity contribution in [3.8, 4) is 39.3 Å². The van der Waals surface area contributed by atoms with Crippen molar-refractivity contribution in [2.75, 3.05) is 0 Å². The van der Waals surface area contributed by atoms with Crippen molar-refractivity contribution in [2.45, 2.75) is 45.4 Å². The van der Waals surface area contributed by atoms with Crippen LogP contribution in [-0.4, -0.2) is 15.9 Å². The van der Waals surface area contributed by atoms with Crippen molar-refractivity contribution in [3.63, 3.8) is 0 Å². The number of rotatable bonds is 0. The normalized spacial score (nSPS) is 16.6. The third kappa shape index (κ3) is 2.32. The van der Waals surface area contributed by atoms with Gasteiger partial charge in [0.1, 0.15) is 0 Å². The molecule has 0 bridgehead atoms. The van der Waals surface area contributed by atoms with Crippen molar-refractivity contribution in [1.82, 2.24) is 9.05 Å². The quantitative estimate of drug-likeness (QED) is 0.164. The molecule has 0 amide bonds. The number of para-hydroxylation sites is 2. The van der Waals surface area contributed by atoms with E-state index in [0.29, 0.717) is 0 Å². The van der Waals surface area contributed by atoms with Gasteiger partial charge in [-0.3, -0.25) is 0 Å². The van der Waals surface area contributed by atoms with Gasteiger partial charge in [0, 0.05) is 55.2 Å². The van der Waals surface area contributed by atoms with Gasteiger partial charge in [0.2, 0.25) is 0 Å². The fraction of sp³-hybridized carbons (Fsp3) is 0.171. The van der Waals surface area contributed by atoms with Gasteiger partial charge >= 0.3 is 6.85 Å². The van der Waals surface area contributed by atoms with E-state index in [1.54, 1.807) is 0 Å². The Morgan fingerprint density at radius 1 is 0.568 bits per heavy atom. The van der Waals surface area contributed by atoms with Crippen LogP contribution in [0.3, 0.4) is 0 Å². The Morgan fingerprint density at radius 2 is 1.16 bits per heavy atom. The average molecular weight is 563 g/mol. The first kappa shape index (κ1) is 23.7. The summed E-state index contributed by atoms with van der Waals surface area (Å²) >= 11 is 0. The third-order valence-corrected chi connectivity index (χ3v) is 11.7. The van der Waals surface area contributed by atoms with Crippen LogP contribution in [0.5, 0.6) is 0 Å². The molecule has 0 fully saturated rings. The summed E-state index contributed by atoms with van der Waals surface area (Å²) < 4.78 is 5.41. The third-order valence-electron chi connectivity index (χ3n) is 11.7. The van der Waals surface area contributed by atoms with Gasteiger partial charge in [0.25, 0.3) is 0 Å². The number of aryl methyl sites for hydroxylation is 1. The van der Waals surface area contributed by atoms with Gasteiger partial charge in [-0.05, 0) is 57.3 Å². The number of fused-ring (bicyclic) bond motifs is 14. The lowest BCUT2D eigenvalue weighted by Crippen LogP contribution is -2.55. The highest BCUT2D eigenvalue weighted by atomic mass is 15.0. The highest BCUT2D eigenvalue weighted by Crippen LogP contribution is 2.57. The molecule has 208 valence electrons. The highest BCUT2D eigenvalue weighted by Gasteiger charge is 2.49. The minimum Gasteiger partial charge on any atom is -0.375 e. The second-order valence-corrected chi connectivity index (χ2v) is 14.6. The molecular weight excluding hydrogens is 531 g/mol. The molecule has 2 nitrogen and oxygen atoms in total. The van der Waals surface area contributed by atoms with Gasteiger partial charge in [0.15, 0.2) is 0 Å². The Morgan fingerprint density at radius 3 is 1.89 bits per heavy atom. The Kier molecular flexibility index (Phi) is 3.84. The topological polar surface area (TPSA) is 9.86 Å². The van der Waals surface area contributed by atoms with Gasteiger partial charge in [-0.15, -0.1) is 0 Å². The van der Waals surface area contributed by atoms with Gasteiger partial charge in [-0.2, -0.15) is 0 Å². The van der Waals surface area contributed by atoms with Crippen LogP contribution in [-0.2, 0) is 10.8 Å². The van der Waals surface area contributed by atoms with E-state index in [0.717, 1.165) is 0 Å². The largest absolute Gasteiger partial charge is 0.375 e. The minimum atomic E-state index is -0.0746. The lowest BCUT2D eigenvalue weighted by molar-refractivity contribution is 0.666. The minimum absolute atomic E-state index is 0.0703. The fourth-order valence-corrected chi connectivity index (χ4v) is 10.1. The first-order chi connectivity index (χ1) is 21.3. The molecule has 4 heterocycles. The summed E-state index contributed by atoms with van der Waals surface area (Å²) in [6.45, 7) is 12.1. The molecule has 5 aromatic carbocycles. The van der Waals surface area contributed by atoms with E-state index in [1.165, 1.54) is 99.9 Å². The zero-order valence-corrected chi connectivity index (χ0v) is 25.7. The van der Waals surface area contributed by atoms with E-state index in [2.05, 4.69) is 141 Å². The number of nitrogens with zero attached hydrogens (tertiary/aromatic N) is 2. The maximum absolute atomic E-state index is 2.75. The maximum atomic E-state index is 2.75. The Bertz CT molecular complexity index is 2520. The molecule has 11 rings (SSSR count). The van der Waals surface area contributed by atoms with Gasteiger partial charge < -0.3 is 9.05 Å². The van der Waals surface area contributed by atoms with Crippen molar-refractivity contribution in [1.29, 1.82) is 0 Å². The summed E-state index contributed by atoms with van der Waals surface area (Å²) in [5.74, 6) is 0. The molecule has 4 aliphatic rings. The van der Waals surface area contributed by atoms with Crippen LogP contribution in [0.1, 0.15) is 55.5 Å². The number of hydrogen-bond donors (Lipinski definition) is 0. The molecule has 3 heteroatoms. The lowest BCUT2D eigenvalue weighted by Gasteiger charge is -2.35. The molecule has 0 spiro atoms. The van der Waals surface area contributed by atoms with Crippen LogP contribution >= 0.6 is 0 Å². The van der Waals surface area contributed by atoms with E-state index in [9.17, 15) is 0 Å². The Balaban J connectivity index is 1.38. The second-order valence-electron chi connectivity index (χ2n) is 14.6. The molecule has 0 saturated carbocycles. The van der Waals surface area contributed by atoms with E-state index in [1.807, 2.05) is 0 Å². The molecule has 0 saturated heterocycles. The van der Waals surface area contributed by atoms with Crippen LogP contribution in [0.4, 0.5) is 0 Å². The Labute approximate surface area is 257 Å². The van der Waals surface area contributed by atoms with Crippen LogP contribution in [0.25, 0.3) is 61.1 Å². The zero-order valence-electron chi connectivity index (χ0n) is 25.7. The van der Waals surface area contributed by atoms with Gasteiger partial charge in [0.05, 0.1) is 11.2 Å². The molecule has 7 aromatic rings. The van der Waals surface area contributed by atoms with Crippen LogP contribution in [0.15, 0.2) is 97.1 Å². The molecule has 2 aliphatic carbocycles. The standard InChI is InChI=1S/C41H31BN2/c1-22-20-28-23-14-10-15-26-34-39(25-13-7-9-18-30(25)41(34,4)5)44(36(23)26)42-31-19-11-16-27-33-38(43(37(27)31)32(21-22)35(28)42)24-12-6-8-17-29(24)40(33,2)3/h6-21H,1-5H3. The van der Waals surface area contributed by atoms with Crippen molar-refractivity contribution in [2.24, 2.45) is 0 Å². The molecule has 0 radical (unpaired) electrons. The van der Waals surface area contributed by atoms with E-state index < -0.39 is 0 Å². The van der Waals surface area contributed by atoms with Crippen molar-refractivity contribution < 1.29 is 0 Å². The predicted molar refractivity (Wildman–Crippen MR) is 184 cm³/mol. The summed E-state index contributed by atoms with van der Waals surface area (Å²) in [5.41, 5.74) is 22.3. The van der Waals surface area contributed by atoms with Gasteiger partial charge in [-0.1, -0.05) is 119 Å². The molecular formula is C41H31BN2. The summed E-state index contributed by atoms with van der Waals surface area (Å²) in [6.07, 6.45) is 0. The number of hydrogen-bond acceptors (Lipinski definition) is 0. The molecule has 0 atom stereocenters. The van der Waals surface area contributed by atoms with Crippen LogP contribution < -0.4 is 10.9 Å². The Hall–Kier alpha value is -4.76. The number of benzene rings is 5. The van der Waals surface area contributed by atoms with Gasteiger partial charge in [-0.25, -0.2) is 0 Å². The SMILES string of the molecule is Cc1cc2c3c(c1)-n1c4c(c5cccc(c51)B3n1c3c(c5cccc-2c51)C(C)(C)c1ccccc1-3)C(C)(C)c1ccccc1-4. The van der Waals surface area contributed by atoms with Crippen LogP contribution in [0.2, 0.25) is 0 Å². The van der Waals surface area contributed by atoms with E-state index in [4.69, 9.17) is 0 Å². The monoisotopic (exact) mass is 562 g/mol. The first-order valence-corrected chi connectivity index (χ1v) is 16.0. The first-order valence-electron chi connectivity index (χ1n) is 16.0. The summed E-state index contributed by atoms with van der Waals surface area (Å²) in [4.78, 5) is 0. The van der Waals surface area contributed by atoms with Crippen LogP contribution in [0, 0.1) is 6.92 Å². The predicted octanol–water partition coefficient (Wildman–Crippen LogP) is 8.45. The fourth-order valence-electron chi connectivity index (χ4n) is 10.1. The number of aromatic nitrogens is 2. The summed E-state index contributed by atoms with van der Waals surface area (Å²) in [5, 5.41) is 2.80. The zero-order chi connectivity index (χ0) is 29.4. The molecule has 2 aliphatic heterocycles. The highest BCUT2D eigenvalue weighted by molar-refractivity contribution is 6.89. The van der Waals surface area contributed by atoms with E-state index in [-0.39, 0.29) is 17.7 Å². The smallest absolute Gasteiger partial charge is 0.333 e. The average Bonchev–Trinajstić information content (AvgIpc) is 3.69. The van der Waals surface area contributed by atoms with E-state index >= 15 is 0 Å². The summed E-state index contributed by atoms with van der Waals surface area (Å²) in [7, 11) is 0. The van der Waals surface area contributed by atoms with Crippen molar-refractivity contribution >= 4 is 39.6 Å². The molecule has 2 aromatic heterocycles. The second kappa shape index (κ2) is 7.13. The maximum Gasteiger partial charge on any atom is 0.333 e. The van der Waals surface area contributed by atoms with Crippen molar-refractivity contribution in [3.05, 3.63) is 125 Å². The lowest BCUT2D eigenvalue weighted by atomic mass is 9.45. The molecule has 0 unspecified atom stereocenters.